The van der Waals surface area contributed by atoms with Gasteiger partial charge < -0.3 is 28.6 Å². The van der Waals surface area contributed by atoms with Crippen molar-refractivity contribution in [3.05, 3.63) is 0 Å². The molecule has 1 aliphatic heterocycles. The summed E-state index contributed by atoms with van der Waals surface area (Å²) >= 11 is 1.27. The van der Waals surface area contributed by atoms with Crippen molar-refractivity contribution in [2.75, 3.05) is 18.9 Å². The summed E-state index contributed by atoms with van der Waals surface area (Å²) in [5, 5.41) is -0.791. The normalized spacial score (nSPS) is 18.8. The van der Waals surface area contributed by atoms with Gasteiger partial charge in [-0.05, 0) is 0 Å². The number of rotatable bonds is 10. The largest absolute Gasteiger partial charge is 0.462 e. The number of hydrogen-bond donors (Lipinski definition) is 0. The second kappa shape index (κ2) is 13.0. The highest BCUT2D eigenvalue weighted by molar-refractivity contribution is 8.00. The lowest BCUT2D eigenvalue weighted by molar-refractivity contribution is -0.204. The molecule has 12 nitrogen and oxygen atoms in total. The molecule has 5 atom stereocenters. The van der Waals surface area contributed by atoms with Crippen LogP contribution in [-0.4, -0.2) is 89.3 Å². The molecule has 1 aliphatic rings. The summed E-state index contributed by atoms with van der Waals surface area (Å²) in [6.07, 6.45) is -5.75. The van der Waals surface area contributed by atoms with Crippen LogP contribution in [0.3, 0.4) is 0 Å². The maximum Gasteiger partial charge on any atom is 0.303 e. The third kappa shape index (κ3) is 9.28. The Hall–Kier alpha value is -2.83. The minimum Gasteiger partial charge on any atom is -0.462 e. The van der Waals surface area contributed by atoms with E-state index < -0.39 is 66.2 Å². The molecule has 13 heteroatoms. The molecule has 0 spiro atoms. The van der Waals surface area contributed by atoms with Gasteiger partial charge >= 0.3 is 29.8 Å². The lowest BCUT2D eigenvalue weighted by Gasteiger charge is -2.39. The van der Waals surface area contributed by atoms with Crippen molar-refractivity contribution in [3.63, 3.8) is 0 Å². The molecule has 1 unspecified atom stereocenters. The van der Waals surface area contributed by atoms with E-state index in [1.807, 2.05) is 0 Å². The average Bonchev–Trinajstić information content (AvgIpc) is 3.15. The Morgan fingerprint density at radius 1 is 0.758 bits per heavy atom. The van der Waals surface area contributed by atoms with Crippen LogP contribution in [-0.2, 0) is 52.5 Å². The zero-order chi connectivity index (χ0) is 25.3. The van der Waals surface area contributed by atoms with E-state index >= 15 is 0 Å². The highest BCUT2D eigenvalue weighted by Crippen LogP contribution is 2.33. The molecule has 1 rings (SSSR count). The molecule has 1 fully saturated rings. The summed E-state index contributed by atoms with van der Waals surface area (Å²) in [4.78, 5) is 72.5. The lowest BCUT2D eigenvalue weighted by atomic mass is 10.0. The van der Waals surface area contributed by atoms with Gasteiger partial charge in [-0.15, -0.1) is 11.8 Å². The van der Waals surface area contributed by atoms with Crippen molar-refractivity contribution < 1.29 is 52.5 Å². The summed E-state index contributed by atoms with van der Waals surface area (Å²) in [6.45, 7) is 6.62. The van der Waals surface area contributed by atoms with Crippen molar-refractivity contribution in [1.29, 1.82) is 0 Å². The maximum absolute atomic E-state index is 12.1. The van der Waals surface area contributed by atoms with Crippen LogP contribution in [0.5, 0.6) is 0 Å². The Balaban J connectivity index is 3.55. The number of carbonyl (C=O) groups is 6. The van der Waals surface area contributed by atoms with Crippen LogP contribution in [0.1, 0.15) is 41.5 Å². The minimum atomic E-state index is -1.53. The van der Waals surface area contributed by atoms with Gasteiger partial charge in [0.2, 0.25) is 5.91 Å². The number of amides is 1. The molecule has 1 amide bonds. The van der Waals surface area contributed by atoms with Gasteiger partial charge in [-0.1, -0.05) is 0 Å². The molecule has 0 aliphatic carbocycles. The quantitative estimate of drug-likeness (QED) is 0.303. The Kier molecular flexibility index (Phi) is 11.1. The third-order valence-electron chi connectivity index (χ3n) is 4.30. The van der Waals surface area contributed by atoms with Gasteiger partial charge in [-0.25, -0.2) is 0 Å². The van der Waals surface area contributed by atoms with E-state index in [0.29, 0.717) is 12.3 Å². The first-order chi connectivity index (χ1) is 15.3. The van der Waals surface area contributed by atoms with Gasteiger partial charge in [0, 0.05) is 53.8 Å². The molecule has 0 radical (unpaired) electrons. The molecule has 0 aromatic carbocycles. The van der Waals surface area contributed by atoms with Crippen molar-refractivity contribution >= 4 is 47.5 Å². The first-order valence-corrected chi connectivity index (χ1v) is 11.1. The standard InChI is InChI=1S/C20H29NO11S/c1-10(22)21-7-8-33-20(21)19(32-15(6)27)18(31-14(5)26)17(30-13(4)25)16(29-12(3)24)9-28-11(2)23/h16-20H,7-9H2,1-6H3/t16-,17+,18+,19-,20?/m0/s1. The van der Waals surface area contributed by atoms with Crippen LogP contribution < -0.4 is 0 Å². The van der Waals surface area contributed by atoms with Gasteiger partial charge in [0.25, 0.3) is 0 Å². The molecule has 0 saturated carbocycles. The number of nitrogens with zero attached hydrogens (tertiary/aromatic N) is 1. The molecular weight excluding hydrogens is 462 g/mol. The summed E-state index contributed by atoms with van der Waals surface area (Å²) < 4.78 is 26.3. The summed E-state index contributed by atoms with van der Waals surface area (Å²) in [5.41, 5.74) is 0. The van der Waals surface area contributed by atoms with Gasteiger partial charge in [-0.3, -0.25) is 28.8 Å². The number of carbonyl (C=O) groups excluding carboxylic acids is 6. The highest BCUT2D eigenvalue weighted by atomic mass is 32.2. The first kappa shape index (κ1) is 28.2. The number of esters is 5. The van der Waals surface area contributed by atoms with Crippen LogP contribution in [0.4, 0.5) is 0 Å². The van der Waals surface area contributed by atoms with E-state index in [2.05, 4.69) is 0 Å². The van der Waals surface area contributed by atoms with Crippen molar-refractivity contribution in [2.45, 2.75) is 71.3 Å². The Bertz CT molecular complexity index is 771. The summed E-state index contributed by atoms with van der Waals surface area (Å²) in [6, 6.07) is 0. The second-order valence-electron chi connectivity index (χ2n) is 7.15. The molecule has 0 aromatic rings. The van der Waals surface area contributed by atoms with E-state index in [0.717, 1.165) is 34.6 Å². The Morgan fingerprint density at radius 3 is 1.73 bits per heavy atom. The smallest absolute Gasteiger partial charge is 0.303 e. The number of ether oxygens (including phenoxy) is 5. The molecule has 0 N–H and O–H groups in total. The third-order valence-corrected chi connectivity index (χ3v) is 5.58. The second-order valence-corrected chi connectivity index (χ2v) is 8.37. The molecule has 0 aromatic heterocycles. The SMILES string of the molecule is CC(=O)OC[C@H](OC(C)=O)[C@@H](OC(C)=O)[C@@H](OC(C)=O)[C@H](OC(C)=O)C1SCCN1C(C)=O. The molecule has 1 saturated heterocycles. The minimum absolute atomic E-state index is 0.316. The number of hydrogen-bond acceptors (Lipinski definition) is 12. The summed E-state index contributed by atoms with van der Waals surface area (Å²) in [7, 11) is 0. The van der Waals surface area contributed by atoms with E-state index in [4.69, 9.17) is 23.7 Å². The number of thioether (sulfide) groups is 1. The molecule has 1 heterocycles. The van der Waals surface area contributed by atoms with E-state index in [1.165, 1.54) is 23.6 Å². The molecular formula is C20H29NO11S. The zero-order valence-corrected chi connectivity index (χ0v) is 20.2. The Morgan fingerprint density at radius 2 is 1.27 bits per heavy atom. The van der Waals surface area contributed by atoms with Gasteiger partial charge in [0.1, 0.15) is 12.0 Å². The highest BCUT2D eigenvalue weighted by Gasteiger charge is 2.49. The average molecular weight is 492 g/mol. The van der Waals surface area contributed by atoms with Gasteiger partial charge in [-0.2, -0.15) is 0 Å². The first-order valence-electron chi connectivity index (χ1n) is 10.0. The fourth-order valence-corrected chi connectivity index (χ4v) is 4.62. The van der Waals surface area contributed by atoms with E-state index in [1.54, 1.807) is 0 Å². The fraction of sp³-hybridized carbons (Fsp3) is 0.700. The summed E-state index contributed by atoms with van der Waals surface area (Å²) in [5.74, 6) is -3.71. The van der Waals surface area contributed by atoms with Crippen LogP contribution in [0, 0.1) is 0 Å². The predicted molar refractivity (Wildman–Crippen MR) is 112 cm³/mol. The molecule has 0 bridgehead atoms. The predicted octanol–water partition coefficient (Wildman–Crippen LogP) is 0.198. The van der Waals surface area contributed by atoms with Crippen molar-refractivity contribution in [1.82, 2.24) is 4.90 Å². The topological polar surface area (TPSA) is 152 Å². The van der Waals surface area contributed by atoms with Crippen molar-refractivity contribution in [2.24, 2.45) is 0 Å². The molecule has 33 heavy (non-hydrogen) atoms. The van der Waals surface area contributed by atoms with E-state index in [-0.39, 0.29) is 5.91 Å². The maximum atomic E-state index is 12.1. The van der Waals surface area contributed by atoms with E-state index in [9.17, 15) is 28.8 Å². The Labute approximate surface area is 195 Å². The fourth-order valence-electron chi connectivity index (χ4n) is 3.24. The van der Waals surface area contributed by atoms with Crippen LogP contribution in [0.15, 0.2) is 0 Å². The van der Waals surface area contributed by atoms with Crippen LogP contribution in [0.25, 0.3) is 0 Å². The van der Waals surface area contributed by atoms with Crippen molar-refractivity contribution in [3.8, 4) is 0 Å². The van der Waals surface area contributed by atoms with Crippen LogP contribution in [0.2, 0.25) is 0 Å². The van der Waals surface area contributed by atoms with Crippen LogP contribution >= 0.6 is 11.8 Å². The molecule has 186 valence electrons. The van der Waals surface area contributed by atoms with Gasteiger partial charge in [0.05, 0.1) is 0 Å². The van der Waals surface area contributed by atoms with Gasteiger partial charge in [0.15, 0.2) is 24.4 Å². The monoisotopic (exact) mass is 491 g/mol. The zero-order valence-electron chi connectivity index (χ0n) is 19.4. The lowest BCUT2D eigenvalue weighted by Crippen LogP contribution is -2.58.